The van der Waals surface area contributed by atoms with Gasteiger partial charge in [-0.25, -0.2) is 0 Å². The molecule has 0 radical (unpaired) electrons. The molecular formula is C14H21Cl4NO2S. The van der Waals surface area contributed by atoms with Gasteiger partial charge in [0, 0.05) is 0 Å². The van der Waals surface area contributed by atoms with Crippen molar-refractivity contribution < 1.29 is 4.92 Å². The molecule has 0 aromatic carbocycles. The van der Waals surface area contributed by atoms with Crippen molar-refractivity contribution in [2.75, 3.05) is 5.75 Å². The van der Waals surface area contributed by atoms with Crippen LogP contribution in [0.25, 0.3) is 0 Å². The number of nitrogens with zero attached hydrogens (tertiary/aromatic N) is 1. The van der Waals surface area contributed by atoms with Crippen LogP contribution in [0.4, 0.5) is 0 Å². The molecule has 22 heavy (non-hydrogen) atoms. The van der Waals surface area contributed by atoms with Crippen LogP contribution in [0.15, 0.2) is 19.6 Å². The molecule has 0 aliphatic carbocycles. The fourth-order valence-electron chi connectivity index (χ4n) is 1.79. The number of halogens is 4. The fraction of sp³-hybridized carbons (Fsp3) is 0.714. The highest BCUT2D eigenvalue weighted by Gasteiger charge is 2.24. The molecule has 0 saturated carbocycles. The second kappa shape index (κ2) is 13.8. The summed E-state index contributed by atoms with van der Waals surface area (Å²) in [6, 6.07) is 0. The highest BCUT2D eigenvalue weighted by Crippen LogP contribution is 2.34. The molecule has 0 aliphatic rings. The Hall–Kier alpha value is 0.390. The number of nitro groups is 1. The summed E-state index contributed by atoms with van der Waals surface area (Å²) >= 11 is 23.8. The summed E-state index contributed by atoms with van der Waals surface area (Å²) in [6.45, 7) is 2.20. The summed E-state index contributed by atoms with van der Waals surface area (Å²) in [4.78, 5) is 10.3. The van der Waals surface area contributed by atoms with Crippen molar-refractivity contribution in [1.82, 2.24) is 0 Å². The predicted octanol–water partition coefficient (Wildman–Crippen LogP) is 7.43. The van der Waals surface area contributed by atoms with E-state index in [0.29, 0.717) is 5.75 Å². The summed E-state index contributed by atoms with van der Waals surface area (Å²) in [7, 11) is 0. The molecule has 0 aromatic heterocycles. The minimum atomic E-state index is -0.670. The van der Waals surface area contributed by atoms with E-state index in [1.54, 1.807) is 0 Å². The van der Waals surface area contributed by atoms with Gasteiger partial charge in [0.25, 0.3) is 0 Å². The van der Waals surface area contributed by atoms with Gasteiger partial charge in [-0.1, -0.05) is 98.3 Å². The molecular weight excluding hydrogens is 388 g/mol. The predicted molar refractivity (Wildman–Crippen MR) is 99.5 cm³/mol. The van der Waals surface area contributed by atoms with Gasteiger partial charge in [0.1, 0.15) is 4.49 Å². The number of allylic oxidation sites excluding steroid dienone is 1. The molecule has 128 valence electrons. The van der Waals surface area contributed by atoms with Crippen molar-refractivity contribution in [3.63, 3.8) is 0 Å². The number of thioether (sulfide) groups is 1. The van der Waals surface area contributed by atoms with Crippen molar-refractivity contribution in [3.8, 4) is 0 Å². The zero-order chi connectivity index (χ0) is 17.0. The molecule has 0 saturated heterocycles. The maximum absolute atomic E-state index is 11.0. The molecule has 0 aromatic rings. The van der Waals surface area contributed by atoms with Crippen LogP contribution in [0.3, 0.4) is 0 Å². The van der Waals surface area contributed by atoms with E-state index < -0.39 is 10.6 Å². The Morgan fingerprint density at radius 2 is 1.45 bits per heavy atom. The molecule has 0 fully saturated rings. The van der Waals surface area contributed by atoms with Crippen LogP contribution in [-0.2, 0) is 0 Å². The second-order valence-electron chi connectivity index (χ2n) is 4.78. The van der Waals surface area contributed by atoms with E-state index in [2.05, 4.69) is 6.92 Å². The Bertz CT molecular complexity index is 410. The lowest BCUT2D eigenvalue weighted by Gasteiger charge is -2.03. The minimum Gasteiger partial charge on any atom is -0.258 e. The van der Waals surface area contributed by atoms with E-state index in [1.165, 1.54) is 50.3 Å². The first kappa shape index (κ1) is 22.4. The van der Waals surface area contributed by atoms with Crippen LogP contribution in [0.2, 0.25) is 0 Å². The standard InChI is InChI=1S/C14H21Cl4NO2S/c1-2-3-4-5-6-7-8-9-10-22-14(18)12(19(20)21)11(15)13(16)17/h2-10H2,1H3/b14-12-. The van der Waals surface area contributed by atoms with Crippen molar-refractivity contribution >= 4 is 58.2 Å². The first-order valence-corrected chi connectivity index (χ1v) is 9.79. The fourth-order valence-corrected chi connectivity index (χ4v) is 3.48. The monoisotopic (exact) mass is 407 g/mol. The van der Waals surface area contributed by atoms with Crippen LogP contribution >= 0.6 is 58.2 Å². The van der Waals surface area contributed by atoms with Gasteiger partial charge in [-0.3, -0.25) is 10.1 Å². The number of hydrogen-bond acceptors (Lipinski definition) is 3. The minimum absolute atomic E-state index is 0.0109. The normalized spacial score (nSPS) is 12.0. The summed E-state index contributed by atoms with van der Waals surface area (Å²) < 4.78 is -0.351. The maximum atomic E-state index is 11.0. The van der Waals surface area contributed by atoms with E-state index in [-0.39, 0.29) is 13.9 Å². The van der Waals surface area contributed by atoms with Crippen LogP contribution in [0.1, 0.15) is 58.3 Å². The smallest absolute Gasteiger partial charge is 0.258 e. The van der Waals surface area contributed by atoms with Gasteiger partial charge in [0.05, 0.1) is 4.92 Å². The van der Waals surface area contributed by atoms with Crippen LogP contribution in [0, 0.1) is 10.1 Å². The molecule has 0 unspecified atom stereocenters. The molecule has 0 bridgehead atoms. The lowest BCUT2D eigenvalue weighted by Crippen LogP contribution is -2.01. The molecule has 0 amide bonds. The molecule has 0 spiro atoms. The SMILES string of the molecule is CCCCCCCCCCS/C(Cl)=C(/C(Cl)=C(Cl)Cl)[N+](=O)[O-]. The van der Waals surface area contributed by atoms with Gasteiger partial charge in [-0.15, -0.1) is 11.8 Å². The van der Waals surface area contributed by atoms with E-state index in [1.807, 2.05) is 0 Å². The van der Waals surface area contributed by atoms with Crippen molar-refractivity contribution in [3.05, 3.63) is 29.7 Å². The quantitative estimate of drug-likeness (QED) is 0.146. The van der Waals surface area contributed by atoms with Crippen molar-refractivity contribution in [2.24, 2.45) is 0 Å². The zero-order valence-corrected chi connectivity index (χ0v) is 16.4. The van der Waals surface area contributed by atoms with Gasteiger partial charge in [0.15, 0.2) is 9.40 Å². The molecule has 0 atom stereocenters. The largest absolute Gasteiger partial charge is 0.315 e. The Kier molecular flexibility index (Phi) is 14.0. The van der Waals surface area contributed by atoms with Crippen molar-refractivity contribution in [1.29, 1.82) is 0 Å². The third-order valence-electron chi connectivity index (χ3n) is 2.97. The molecule has 0 N–H and O–H groups in total. The summed E-state index contributed by atoms with van der Waals surface area (Å²) in [5, 5.41) is 10.6. The maximum Gasteiger partial charge on any atom is 0.315 e. The van der Waals surface area contributed by atoms with Crippen molar-refractivity contribution in [2.45, 2.75) is 58.3 Å². The Morgan fingerprint density at radius 1 is 0.955 bits per heavy atom. The molecule has 3 nitrogen and oxygen atoms in total. The first-order chi connectivity index (χ1) is 10.4. The molecule has 0 rings (SSSR count). The Morgan fingerprint density at radius 3 is 1.91 bits per heavy atom. The highest BCUT2D eigenvalue weighted by atomic mass is 35.5. The first-order valence-electron chi connectivity index (χ1n) is 7.29. The molecule has 0 heterocycles. The Labute approximate surface area is 156 Å². The average Bonchev–Trinajstić information content (AvgIpc) is 2.45. The van der Waals surface area contributed by atoms with Crippen LogP contribution < -0.4 is 0 Å². The number of rotatable bonds is 12. The molecule has 8 heteroatoms. The lowest BCUT2D eigenvalue weighted by molar-refractivity contribution is -0.419. The van der Waals surface area contributed by atoms with E-state index in [4.69, 9.17) is 46.4 Å². The van der Waals surface area contributed by atoms with E-state index in [0.717, 1.165) is 12.8 Å². The average molecular weight is 409 g/mol. The third kappa shape index (κ3) is 10.2. The summed E-state index contributed by atoms with van der Waals surface area (Å²) in [5.74, 6) is 0.704. The topological polar surface area (TPSA) is 43.1 Å². The zero-order valence-electron chi connectivity index (χ0n) is 12.5. The van der Waals surface area contributed by atoms with Gasteiger partial charge in [-0.2, -0.15) is 0 Å². The van der Waals surface area contributed by atoms with Crippen LogP contribution in [-0.4, -0.2) is 10.7 Å². The van der Waals surface area contributed by atoms with Crippen LogP contribution in [0.5, 0.6) is 0 Å². The van der Waals surface area contributed by atoms with E-state index in [9.17, 15) is 10.1 Å². The third-order valence-corrected chi connectivity index (χ3v) is 5.35. The van der Waals surface area contributed by atoms with Gasteiger partial charge in [-0.05, 0) is 12.2 Å². The van der Waals surface area contributed by atoms with E-state index >= 15 is 0 Å². The molecule has 0 aliphatic heterocycles. The van der Waals surface area contributed by atoms with Gasteiger partial charge >= 0.3 is 5.70 Å². The van der Waals surface area contributed by atoms with Gasteiger partial charge < -0.3 is 0 Å². The van der Waals surface area contributed by atoms with Gasteiger partial charge in [0.2, 0.25) is 0 Å². The highest BCUT2D eigenvalue weighted by molar-refractivity contribution is 8.04. The number of unbranched alkanes of at least 4 members (excludes halogenated alkanes) is 7. The lowest BCUT2D eigenvalue weighted by atomic mass is 10.1. The second-order valence-corrected chi connectivity index (χ2v) is 7.81. The summed E-state index contributed by atoms with van der Waals surface area (Å²) in [6.07, 6.45) is 9.61. The number of hydrogen-bond donors (Lipinski definition) is 0. The Balaban J connectivity index is 4.10. The summed E-state index contributed by atoms with van der Waals surface area (Å²) in [5.41, 5.74) is -0.437.